The van der Waals surface area contributed by atoms with E-state index in [0.29, 0.717) is 12.6 Å². The summed E-state index contributed by atoms with van der Waals surface area (Å²) in [6.45, 7) is 7.54. The molecule has 1 aromatic rings. The van der Waals surface area contributed by atoms with E-state index < -0.39 is 0 Å². The molecule has 0 radical (unpaired) electrons. The molecule has 1 atom stereocenters. The molecule has 0 bridgehead atoms. The van der Waals surface area contributed by atoms with Gasteiger partial charge in [0.15, 0.2) is 0 Å². The molecule has 1 aliphatic rings. The molecule has 0 saturated carbocycles. The summed E-state index contributed by atoms with van der Waals surface area (Å²) in [7, 11) is 0. The number of aryl methyl sites for hydroxylation is 2. The van der Waals surface area contributed by atoms with Gasteiger partial charge in [0.2, 0.25) is 5.91 Å². The van der Waals surface area contributed by atoms with E-state index in [1.54, 1.807) is 0 Å². The highest BCUT2D eigenvalue weighted by atomic mass is 16.2. The van der Waals surface area contributed by atoms with Gasteiger partial charge in [0.25, 0.3) is 0 Å². The zero-order chi connectivity index (χ0) is 13.8. The summed E-state index contributed by atoms with van der Waals surface area (Å²) in [6.07, 6.45) is 4.83. The SMILES string of the molecule is CC[C@@H]1CCCCN1CC(=O)Nc1c(C)n[nH]c1C. The molecule has 0 aromatic carbocycles. The predicted octanol–water partition coefficient (Wildman–Crippen LogP) is 2.23. The highest BCUT2D eigenvalue weighted by molar-refractivity contribution is 5.93. The van der Waals surface area contributed by atoms with E-state index in [9.17, 15) is 4.79 Å². The Labute approximate surface area is 114 Å². The third kappa shape index (κ3) is 3.35. The van der Waals surface area contributed by atoms with E-state index in [1.165, 1.54) is 19.3 Å². The number of aromatic amines is 1. The second-order valence-electron chi connectivity index (χ2n) is 5.39. The molecule has 1 fully saturated rings. The number of aromatic nitrogens is 2. The Bertz CT molecular complexity index is 421. The van der Waals surface area contributed by atoms with Gasteiger partial charge in [-0.25, -0.2) is 0 Å². The molecule has 19 heavy (non-hydrogen) atoms. The Morgan fingerprint density at radius 2 is 2.26 bits per heavy atom. The van der Waals surface area contributed by atoms with E-state index in [-0.39, 0.29) is 5.91 Å². The number of nitrogens with one attached hydrogen (secondary N) is 2. The third-order valence-electron chi connectivity index (χ3n) is 3.96. The minimum absolute atomic E-state index is 0.0629. The standard InChI is InChI=1S/C14H24N4O/c1-4-12-7-5-6-8-18(12)9-13(19)15-14-10(2)16-17-11(14)3/h12H,4-9H2,1-3H3,(H,15,19)(H,16,17)/t12-/m1/s1. The number of hydrogen-bond acceptors (Lipinski definition) is 3. The van der Waals surface area contributed by atoms with Crippen LogP contribution in [0.2, 0.25) is 0 Å². The van der Waals surface area contributed by atoms with Gasteiger partial charge in [0, 0.05) is 6.04 Å². The van der Waals surface area contributed by atoms with Crippen molar-refractivity contribution in [2.45, 2.75) is 52.5 Å². The highest BCUT2D eigenvalue weighted by Gasteiger charge is 2.23. The van der Waals surface area contributed by atoms with Crippen LogP contribution in [0, 0.1) is 13.8 Å². The molecule has 2 heterocycles. The fraction of sp³-hybridized carbons (Fsp3) is 0.714. The number of anilines is 1. The maximum atomic E-state index is 12.2. The first kappa shape index (κ1) is 14.1. The molecule has 5 nitrogen and oxygen atoms in total. The van der Waals surface area contributed by atoms with Crippen LogP contribution in [0.15, 0.2) is 0 Å². The van der Waals surface area contributed by atoms with Crippen LogP contribution in [-0.4, -0.2) is 40.1 Å². The first-order valence-electron chi connectivity index (χ1n) is 7.17. The zero-order valence-electron chi connectivity index (χ0n) is 12.1. The Morgan fingerprint density at radius 1 is 1.47 bits per heavy atom. The molecule has 1 aliphatic heterocycles. The lowest BCUT2D eigenvalue weighted by molar-refractivity contribution is -0.118. The van der Waals surface area contributed by atoms with Gasteiger partial charge in [-0.15, -0.1) is 0 Å². The average Bonchev–Trinajstić information content (AvgIpc) is 2.71. The van der Waals surface area contributed by atoms with E-state index in [0.717, 1.165) is 30.0 Å². The lowest BCUT2D eigenvalue weighted by Crippen LogP contribution is -2.43. The van der Waals surface area contributed by atoms with Crippen LogP contribution in [0.25, 0.3) is 0 Å². The number of rotatable bonds is 4. The average molecular weight is 264 g/mol. The van der Waals surface area contributed by atoms with Crippen molar-refractivity contribution in [3.63, 3.8) is 0 Å². The van der Waals surface area contributed by atoms with Gasteiger partial charge in [-0.3, -0.25) is 14.8 Å². The van der Waals surface area contributed by atoms with Gasteiger partial charge in [0.05, 0.1) is 23.6 Å². The van der Waals surface area contributed by atoms with Crippen LogP contribution in [0.4, 0.5) is 5.69 Å². The van der Waals surface area contributed by atoms with Crippen LogP contribution in [-0.2, 0) is 4.79 Å². The van der Waals surface area contributed by atoms with Crippen molar-refractivity contribution in [2.24, 2.45) is 0 Å². The Morgan fingerprint density at radius 3 is 2.89 bits per heavy atom. The molecule has 1 amide bonds. The van der Waals surface area contributed by atoms with Gasteiger partial charge in [-0.05, 0) is 39.7 Å². The van der Waals surface area contributed by atoms with Crippen molar-refractivity contribution < 1.29 is 4.79 Å². The molecule has 0 aliphatic carbocycles. The first-order valence-corrected chi connectivity index (χ1v) is 7.17. The summed E-state index contributed by atoms with van der Waals surface area (Å²) in [5, 5.41) is 9.96. The monoisotopic (exact) mass is 264 g/mol. The minimum atomic E-state index is 0.0629. The number of piperidine rings is 1. The van der Waals surface area contributed by atoms with Crippen molar-refractivity contribution in [3.05, 3.63) is 11.4 Å². The lowest BCUT2D eigenvalue weighted by atomic mass is 10.00. The van der Waals surface area contributed by atoms with Crippen LogP contribution in [0.5, 0.6) is 0 Å². The minimum Gasteiger partial charge on any atom is -0.322 e. The second-order valence-corrected chi connectivity index (χ2v) is 5.39. The summed E-state index contributed by atoms with van der Waals surface area (Å²) < 4.78 is 0. The lowest BCUT2D eigenvalue weighted by Gasteiger charge is -2.34. The molecular weight excluding hydrogens is 240 g/mol. The quantitative estimate of drug-likeness (QED) is 0.876. The van der Waals surface area contributed by atoms with E-state index >= 15 is 0 Å². The van der Waals surface area contributed by atoms with Crippen LogP contribution in [0.1, 0.15) is 44.0 Å². The number of carbonyl (C=O) groups is 1. The summed E-state index contributed by atoms with van der Waals surface area (Å²) in [5.74, 6) is 0.0629. The van der Waals surface area contributed by atoms with E-state index in [4.69, 9.17) is 0 Å². The summed E-state index contributed by atoms with van der Waals surface area (Å²) in [5.41, 5.74) is 2.59. The molecule has 2 N–H and O–H groups in total. The van der Waals surface area contributed by atoms with E-state index in [2.05, 4.69) is 27.3 Å². The van der Waals surface area contributed by atoms with Crippen molar-refractivity contribution in [2.75, 3.05) is 18.4 Å². The van der Waals surface area contributed by atoms with Crippen LogP contribution >= 0.6 is 0 Å². The fourth-order valence-corrected chi connectivity index (χ4v) is 2.83. The number of carbonyl (C=O) groups excluding carboxylic acids is 1. The number of likely N-dealkylation sites (tertiary alicyclic amines) is 1. The summed E-state index contributed by atoms with van der Waals surface area (Å²) in [4.78, 5) is 14.5. The summed E-state index contributed by atoms with van der Waals surface area (Å²) in [6, 6.07) is 0.561. The Hall–Kier alpha value is -1.36. The normalized spacial score (nSPS) is 20.5. The van der Waals surface area contributed by atoms with Gasteiger partial charge in [-0.1, -0.05) is 13.3 Å². The van der Waals surface area contributed by atoms with Crippen molar-refractivity contribution in [1.29, 1.82) is 0 Å². The molecule has 0 spiro atoms. The van der Waals surface area contributed by atoms with E-state index in [1.807, 2.05) is 13.8 Å². The largest absolute Gasteiger partial charge is 0.322 e. The third-order valence-corrected chi connectivity index (χ3v) is 3.96. The maximum absolute atomic E-state index is 12.2. The Kier molecular flexibility index (Phi) is 4.58. The molecule has 2 rings (SSSR count). The van der Waals surface area contributed by atoms with Gasteiger partial charge in [-0.2, -0.15) is 5.10 Å². The highest BCUT2D eigenvalue weighted by Crippen LogP contribution is 2.20. The van der Waals surface area contributed by atoms with Crippen LogP contribution in [0.3, 0.4) is 0 Å². The number of nitrogens with zero attached hydrogens (tertiary/aromatic N) is 2. The van der Waals surface area contributed by atoms with Crippen molar-refractivity contribution >= 4 is 11.6 Å². The summed E-state index contributed by atoms with van der Waals surface area (Å²) >= 11 is 0. The molecule has 0 unspecified atom stereocenters. The van der Waals surface area contributed by atoms with Crippen LogP contribution < -0.4 is 5.32 Å². The fourth-order valence-electron chi connectivity index (χ4n) is 2.83. The van der Waals surface area contributed by atoms with Gasteiger partial charge in [0.1, 0.15) is 0 Å². The smallest absolute Gasteiger partial charge is 0.238 e. The molecule has 106 valence electrons. The van der Waals surface area contributed by atoms with Gasteiger partial charge < -0.3 is 5.32 Å². The number of hydrogen-bond donors (Lipinski definition) is 2. The predicted molar refractivity (Wildman–Crippen MR) is 76.2 cm³/mol. The molecular formula is C14H24N4O. The second kappa shape index (κ2) is 6.19. The number of amides is 1. The van der Waals surface area contributed by atoms with Gasteiger partial charge >= 0.3 is 0 Å². The molecule has 1 saturated heterocycles. The zero-order valence-corrected chi connectivity index (χ0v) is 12.1. The molecule has 1 aromatic heterocycles. The van der Waals surface area contributed by atoms with Crippen molar-refractivity contribution in [1.82, 2.24) is 15.1 Å². The molecule has 5 heteroatoms. The number of H-pyrrole nitrogens is 1. The first-order chi connectivity index (χ1) is 9.11. The van der Waals surface area contributed by atoms with Crippen molar-refractivity contribution in [3.8, 4) is 0 Å². The topological polar surface area (TPSA) is 61.0 Å². The Balaban J connectivity index is 1.93. The maximum Gasteiger partial charge on any atom is 0.238 e.